The topological polar surface area (TPSA) is 32.3 Å². The van der Waals surface area contributed by atoms with Crippen LogP contribution in [-0.4, -0.2) is 25.0 Å². The molecule has 1 aromatic carbocycles. The van der Waals surface area contributed by atoms with Gasteiger partial charge in [-0.05, 0) is 44.9 Å². The van der Waals surface area contributed by atoms with E-state index >= 15 is 0 Å². The van der Waals surface area contributed by atoms with Crippen molar-refractivity contribution >= 4 is 11.6 Å². The lowest BCUT2D eigenvalue weighted by Gasteiger charge is -2.28. The second-order valence-electron chi connectivity index (χ2n) is 5.28. The van der Waals surface area contributed by atoms with Gasteiger partial charge >= 0.3 is 0 Å². The van der Waals surface area contributed by atoms with E-state index < -0.39 is 0 Å². The summed E-state index contributed by atoms with van der Waals surface area (Å²) in [6.45, 7) is 5.88. The van der Waals surface area contributed by atoms with Gasteiger partial charge in [0.05, 0.1) is 0 Å². The van der Waals surface area contributed by atoms with Gasteiger partial charge in [-0.3, -0.25) is 4.79 Å². The molecular weight excluding hydrogens is 236 g/mol. The first kappa shape index (κ1) is 14.1. The van der Waals surface area contributed by atoms with Crippen molar-refractivity contribution in [3.8, 4) is 0 Å². The molecule has 1 N–H and O–H groups in total. The third-order valence-corrected chi connectivity index (χ3v) is 3.86. The Balaban J connectivity index is 2.04. The Bertz CT molecular complexity index is 425. The van der Waals surface area contributed by atoms with E-state index in [1.54, 1.807) is 0 Å². The highest BCUT2D eigenvalue weighted by atomic mass is 16.2. The van der Waals surface area contributed by atoms with Crippen LogP contribution in [0.15, 0.2) is 24.3 Å². The zero-order valence-corrected chi connectivity index (χ0v) is 12.0. The van der Waals surface area contributed by atoms with E-state index in [4.69, 9.17) is 0 Å². The predicted molar refractivity (Wildman–Crippen MR) is 79.5 cm³/mol. The summed E-state index contributed by atoms with van der Waals surface area (Å²) in [7, 11) is 0. The molecule has 1 aliphatic heterocycles. The molecule has 1 aliphatic rings. The Labute approximate surface area is 116 Å². The highest BCUT2D eigenvalue weighted by Gasteiger charge is 2.21. The minimum absolute atomic E-state index is 0.233. The fourth-order valence-corrected chi connectivity index (χ4v) is 2.77. The standard InChI is InChI=1S/C16H24N2O/c1-3-18(15-10-5-4-8-13(15)2)16(19)12-14-9-6-7-11-17-14/h4-5,8,10,14,17H,3,6-7,9,11-12H2,1-2H3. The van der Waals surface area contributed by atoms with Crippen molar-refractivity contribution in [1.29, 1.82) is 0 Å². The van der Waals surface area contributed by atoms with Crippen LogP contribution in [0.1, 0.15) is 38.2 Å². The summed E-state index contributed by atoms with van der Waals surface area (Å²) >= 11 is 0. The molecule has 1 heterocycles. The first-order chi connectivity index (χ1) is 9.22. The van der Waals surface area contributed by atoms with Crippen LogP contribution in [0.4, 0.5) is 5.69 Å². The van der Waals surface area contributed by atoms with E-state index in [-0.39, 0.29) is 5.91 Å². The third-order valence-electron chi connectivity index (χ3n) is 3.86. The normalized spacial score (nSPS) is 19.2. The van der Waals surface area contributed by atoms with Crippen LogP contribution in [0.5, 0.6) is 0 Å². The molecule has 1 fully saturated rings. The average molecular weight is 260 g/mol. The fourth-order valence-electron chi connectivity index (χ4n) is 2.77. The van der Waals surface area contributed by atoms with Gasteiger partial charge in [-0.15, -0.1) is 0 Å². The highest BCUT2D eigenvalue weighted by molar-refractivity contribution is 5.94. The van der Waals surface area contributed by atoms with Crippen molar-refractivity contribution in [1.82, 2.24) is 5.32 Å². The SMILES string of the molecule is CCN(C(=O)CC1CCCCN1)c1ccccc1C. The molecule has 3 heteroatoms. The molecule has 1 aromatic rings. The number of carbonyl (C=O) groups is 1. The Kier molecular flexibility index (Phi) is 4.97. The Morgan fingerprint density at radius 3 is 2.79 bits per heavy atom. The van der Waals surface area contributed by atoms with E-state index in [0.717, 1.165) is 30.8 Å². The number of anilines is 1. The molecule has 0 bridgehead atoms. The monoisotopic (exact) mass is 260 g/mol. The first-order valence-electron chi connectivity index (χ1n) is 7.31. The molecule has 2 rings (SSSR count). The number of nitrogens with zero attached hydrogens (tertiary/aromatic N) is 1. The number of hydrogen-bond acceptors (Lipinski definition) is 2. The van der Waals surface area contributed by atoms with Crippen LogP contribution in [-0.2, 0) is 4.79 Å². The van der Waals surface area contributed by atoms with Crippen LogP contribution >= 0.6 is 0 Å². The summed E-state index contributed by atoms with van der Waals surface area (Å²) in [4.78, 5) is 14.4. The average Bonchev–Trinajstić information content (AvgIpc) is 2.43. The van der Waals surface area contributed by atoms with Crippen molar-refractivity contribution < 1.29 is 4.79 Å². The molecule has 1 amide bonds. The number of carbonyl (C=O) groups excluding carboxylic acids is 1. The Morgan fingerprint density at radius 2 is 2.16 bits per heavy atom. The molecule has 19 heavy (non-hydrogen) atoms. The molecular formula is C16H24N2O. The molecule has 0 aromatic heterocycles. The summed E-state index contributed by atoms with van der Waals surface area (Å²) in [6.07, 6.45) is 4.21. The van der Waals surface area contributed by atoms with E-state index in [2.05, 4.69) is 18.3 Å². The fraction of sp³-hybridized carbons (Fsp3) is 0.562. The van der Waals surface area contributed by atoms with Gasteiger partial charge in [0.2, 0.25) is 5.91 Å². The molecule has 1 atom stereocenters. The van der Waals surface area contributed by atoms with Crippen LogP contribution in [0.3, 0.4) is 0 Å². The van der Waals surface area contributed by atoms with Gasteiger partial charge in [0, 0.05) is 24.7 Å². The first-order valence-corrected chi connectivity index (χ1v) is 7.31. The number of rotatable bonds is 4. The van der Waals surface area contributed by atoms with Crippen LogP contribution in [0.2, 0.25) is 0 Å². The number of piperidine rings is 1. The molecule has 0 aliphatic carbocycles. The molecule has 1 unspecified atom stereocenters. The molecule has 104 valence electrons. The van der Waals surface area contributed by atoms with Crippen molar-refractivity contribution in [2.75, 3.05) is 18.0 Å². The van der Waals surface area contributed by atoms with Crippen molar-refractivity contribution in [2.24, 2.45) is 0 Å². The maximum Gasteiger partial charge on any atom is 0.228 e. The number of aryl methyl sites for hydroxylation is 1. The lowest BCUT2D eigenvalue weighted by atomic mass is 10.0. The van der Waals surface area contributed by atoms with E-state index in [0.29, 0.717) is 12.5 Å². The zero-order chi connectivity index (χ0) is 13.7. The van der Waals surface area contributed by atoms with Crippen LogP contribution in [0.25, 0.3) is 0 Å². The molecule has 0 radical (unpaired) electrons. The van der Waals surface area contributed by atoms with E-state index in [1.807, 2.05) is 30.0 Å². The summed E-state index contributed by atoms with van der Waals surface area (Å²) < 4.78 is 0. The number of para-hydroxylation sites is 1. The maximum atomic E-state index is 12.5. The summed E-state index contributed by atoms with van der Waals surface area (Å²) in [5.74, 6) is 0.233. The van der Waals surface area contributed by atoms with Crippen molar-refractivity contribution in [3.63, 3.8) is 0 Å². The van der Waals surface area contributed by atoms with Crippen LogP contribution in [0, 0.1) is 6.92 Å². The van der Waals surface area contributed by atoms with Gasteiger partial charge in [0.1, 0.15) is 0 Å². The lowest BCUT2D eigenvalue weighted by molar-refractivity contribution is -0.119. The van der Waals surface area contributed by atoms with Gasteiger partial charge in [-0.25, -0.2) is 0 Å². The van der Waals surface area contributed by atoms with Gasteiger partial charge in [0.25, 0.3) is 0 Å². The van der Waals surface area contributed by atoms with Crippen LogP contribution < -0.4 is 10.2 Å². The highest BCUT2D eigenvalue weighted by Crippen LogP contribution is 2.21. The Morgan fingerprint density at radius 1 is 1.37 bits per heavy atom. The number of amides is 1. The van der Waals surface area contributed by atoms with E-state index in [9.17, 15) is 4.79 Å². The minimum atomic E-state index is 0.233. The predicted octanol–water partition coefficient (Wildman–Crippen LogP) is 2.88. The largest absolute Gasteiger partial charge is 0.313 e. The molecule has 3 nitrogen and oxygen atoms in total. The quantitative estimate of drug-likeness (QED) is 0.903. The smallest absolute Gasteiger partial charge is 0.228 e. The molecule has 1 saturated heterocycles. The second-order valence-corrected chi connectivity index (χ2v) is 5.28. The molecule has 0 saturated carbocycles. The van der Waals surface area contributed by atoms with Crippen molar-refractivity contribution in [3.05, 3.63) is 29.8 Å². The van der Waals surface area contributed by atoms with Crippen molar-refractivity contribution in [2.45, 2.75) is 45.6 Å². The minimum Gasteiger partial charge on any atom is -0.313 e. The Hall–Kier alpha value is -1.35. The summed E-state index contributed by atoms with van der Waals surface area (Å²) in [5, 5.41) is 3.45. The van der Waals surface area contributed by atoms with Gasteiger partial charge in [0.15, 0.2) is 0 Å². The molecule has 0 spiro atoms. The van der Waals surface area contributed by atoms with E-state index in [1.165, 1.54) is 12.8 Å². The zero-order valence-electron chi connectivity index (χ0n) is 12.0. The second kappa shape index (κ2) is 6.71. The number of benzene rings is 1. The van der Waals surface area contributed by atoms with Gasteiger partial charge < -0.3 is 10.2 Å². The third kappa shape index (κ3) is 3.57. The lowest BCUT2D eigenvalue weighted by Crippen LogP contribution is -2.40. The summed E-state index contributed by atoms with van der Waals surface area (Å²) in [6, 6.07) is 8.46. The van der Waals surface area contributed by atoms with Gasteiger partial charge in [-0.1, -0.05) is 24.6 Å². The maximum absolute atomic E-state index is 12.5. The van der Waals surface area contributed by atoms with Gasteiger partial charge in [-0.2, -0.15) is 0 Å². The summed E-state index contributed by atoms with van der Waals surface area (Å²) in [5.41, 5.74) is 2.21. The number of nitrogens with one attached hydrogen (secondary N) is 1. The number of hydrogen-bond donors (Lipinski definition) is 1.